The van der Waals surface area contributed by atoms with Crippen LogP contribution in [0.25, 0.3) is 0 Å². The van der Waals surface area contributed by atoms with Crippen LogP contribution in [0.5, 0.6) is 0 Å². The Balaban J connectivity index is 1.93. The van der Waals surface area contributed by atoms with Gasteiger partial charge in [0, 0.05) is 0 Å². The van der Waals surface area contributed by atoms with E-state index in [-0.39, 0.29) is 5.60 Å². The molecule has 17 heavy (non-hydrogen) atoms. The highest BCUT2D eigenvalue weighted by atomic mass is 28.4. The van der Waals surface area contributed by atoms with Crippen LogP contribution in [-0.2, 0) is 4.43 Å². The highest BCUT2D eigenvalue weighted by Gasteiger charge is 2.88. The molecular weight excluding hydrogens is 224 g/mol. The Morgan fingerprint density at radius 3 is 2.06 bits per heavy atom. The largest absolute Gasteiger partial charge is 0.411 e. The third-order valence-electron chi connectivity index (χ3n) is 6.13. The van der Waals surface area contributed by atoms with Crippen LogP contribution in [0.15, 0.2) is 0 Å². The Labute approximate surface area is 107 Å². The fraction of sp³-hybridized carbons (Fsp3) is 1.00. The van der Waals surface area contributed by atoms with Gasteiger partial charge in [-0.05, 0) is 61.1 Å². The third kappa shape index (κ3) is 1.24. The van der Waals surface area contributed by atoms with Crippen molar-refractivity contribution in [3.8, 4) is 0 Å². The van der Waals surface area contributed by atoms with E-state index in [2.05, 4.69) is 47.3 Å². The zero-order valence-electron chi connectivity index (χ0n) is 12.6. The highest BCUT2D eigenvalue weighted by molar-refractivity contribution is 6.69. The lowest BCUT2D eigenvalue weighted by molar-refractivity contribution is 0.0336. The fourth-order valence-corrected chi connectivity index (χ4v) is 6.89. The smallest absolute Gasteiger partial charge is 0.184 e. The first-order valence-corrected chi connectivity index (χ1v) is 10.7. The minimum atomic E-state index is -1.42. The van der Waals surface area contributed by atoms with Crippen molar-refractivity contribution in [3.63, 3.8) is 0 Å². The standard InChI is InChI=1S/C15H28OSi/c1-10(2)14-8-11(14)13(3,4)15(9-12(14)15)16-17(5,6)7/h10-12H,8-9H2,1-7H3/t11-,12+,14+,15-/m1/s1. The fourth-order valence-electron chi connectivity index (χ4n) is 5.31. The average Bonchev–Trinajstić information content (AvgIpc) is 2.88. The number of hydrogen-bond donors (Lipinski definition) is 0. The van der Waals surface area contributed by atoms with E-state index < -0.39 is 8.32 Å². The summed E-state index contributed by atoms with van der Waals surface area (Å²) >= 11 is 0. The van der Waals surface area contributed by atoms with E-state index in [9.17, 15) is 0 Å². The topological polar surface area (TPSA) is 9.23 Å². The Morgan fingerprint density at radius 1 is 1.06 bits per heavy atom. The molecule has 0 radical (unpaired) electrons. The second-order valence-electron chi connectivity index (χ2n) is 8.61. The zero-order valence-corrected chi connectivity index (χ0v) is 13.6. The van der Waals surface area contributed by atoms with Gasteiger partial charge in [0.05, 0.1) is 5.60 Å². The van der Waals surface area contributed by atoms with E-state index in [1.165, 1.54) is 12.8 Å². The van der Waals surface area contributed by atoms with Gasteiger partial charge in [-0.25, -0.2) is 0 Å². The molecule has 0 bridgehead atoms. The maximum atomic E-state index is 6.69. The lowest BCUT2D eigenvalue weighted by atomic mass is 9.80. The second-order valence-corrected chi connectivity index (χ2v) is 13.0. The minimum Gasteiger partial charge on any atom is -0.411 e. The number of rotatable bonds is 3. The van der Waals surface area contributed by atoms with Gasteiger partial charge in [0.25, 0.3) is 0 Å². The molecule has 0 unspecified atom stereocenters. The molecule has 0 heterocycles. The van der Waals surface area contributed by atoms with Crippen molar-refractivity contribution in [1.29, 1.82) is 0 Å². The van der Waals surface area contributed by atoms with Crippen LogP contribution in [0.1, 0.15) is 40.5 Å². The van der Waals surface area contributed by atoms with Crippen molar-refractivity contribution in [2.24, 2.45) is 28.6 Å². The zero-order chi connectivity index (χ0) is 12.9. The van der Waals surface area contributed by atoms with E-state index in [0.717, 1.165) is 17.8 Å². The van der Waals surface area contributed by atoms with Crippen molar-refractivity contribution >= 4 is 8.32 Å². The highest BCUT2D eigenvalue weighted by Crippen LogP contribution is 2.88. The first-order chi connectivity index (χ1) is 7.58. The molecule has 1 nitrogen and oxygen atoms in total. The quantitative estimate of drug-likeness (QED) is 0.681. The van der Waals surface area contributed by atoms with Crippen LogP contribution in [0, 0.1) is 28.6 Å². The van der Waals surface area contributed by atoms with Crippen molar-refractivity contribution < 1.29 is 4.43 Å². The monoisotopic (exact) mass is 252 g/mol. The van der Waals surface area contributed by atoms with Gasteiger partial charge in [-0.1, -0.05) is 27.7 Å². The molecule has 3 aliphatic rings. The summed E-state index contributed by atoms with van der Waals surface area (Å²) < 4.78 is 6.69. The molecule has 2 heteroatoms. The SMILES string of the molecule is CC(C)[C@@]12C[C@@H]1C(C)(C)[C@@]1(O[Si](C)(C)C)C[C@@H]21. The molecule has 0 amide bonds. The van der Waals surface area contributed by atoms with Gasteiger partial charge in [0.15, 0.2) is 8.32 Å². The van der Waals surface area contributed by atoms with Gasteiger partial charge in [0.2, 0.25) is 0 Å². The van der Waals surface area contributed by atoms with Crippen molar-refractivity contribution in [2.75, 3.05) is 0 Å². The summed E-state index contributed by atoms with van der Waals surface area (Å²) in [4.78, 5) is 0. The van der Waals surface area contributed by atoms with Crippen molar-refractivity contribution in [1.82, 2.24) is 0 Å². The Kier molecular flexibility index (Phi) is 2.05. The Hall–Kier alpha value is 0.177. The van der Waals surface area contributed by atoms with Crippen LogP contribution >= 0.6 is 0 Å². The van der Waals surface area contributed by atoms with Crippen molar-refractivity contribution in [3.05, 3.63) is 0 Å². The summed E-state index contributed by atoms with van der Waals surface area (Å²) in [5.74, 6) is 2.65. The van der Waals surface area contributed by atoms with Crippen LogP contribution in [0.2, 0.25) is 19.6 Å². The summed E-state index contributed by atoms with van der Waals surface area (Å²) in [6, 6.07) is 0. The molecule has 3 aliphatic carbocycles. The third-order valence-corrected chi connectivity index (χ3v) is 7.11. The molecule has 0 aromatic rings. The van der Waals surface area contributed by atoms with Crippen molar-refractivity contribution in [2.45, 2.75) is 65.8 Å². The second kappa shape index (κ2) is 2.85. The predicted octanol–water partition coefficient (Wildman–Crippen LogP) is 4.30. The Bertz CT molecular complexity index is 368. The molecule has 0 spiro atoms. The van der Waals surface area contributed by atoms with Gasteiger partial charge in [-0.2, -0.15) is 0 Å². The van der Waals surface area contributed by atoms with Gasteiger partial charge in [0.1, 0.15) is 0 Å². The van der Waals surface area contributed by atoms with Gasteiger partial charge in [-0.3, -0.25) is 0 Å². The van der Waals surface area contributed by atoms with Crippen LogP contribution < -0.4 is 0 Å². The lowest BCUT2D eigenvalue weighted by Gasteiger charge is -2.38. The molecule has 0 N–H and O–H groups in total. The summed E-state index contributed by atoms with van der Waals surface area (Å²) in [6.07, 6.45) is 2.82. The molecule has 3 rings (SSSR count). The summed E-state index contributed by atoms with van der Waals surface area (Å²) in [6.45, 7) is 16.9. The van der Waals surface area contributed by atoms with E-state index in [0.29, 0.717) is 10.8 Å². The summed E-state index contributed by atoms with van der Waals surface area (Å²) in [5, 5.41) is 0. The molecule has 0 aromatic heterocycles. The normalized spacial score (nSPS) is 50.1. The van der Waals surface area contributed by atoms with E-state index in [4.69, 9.17) is 4.43 Å². The average molecular weight is 252 g/mol. The number of fused-ring (bicyclic) bond motifs is 3. The molecule has 3 saturated carbocycles. The minimum absolute atomic E-state index is 0.269. The molecule has 0 aliphatic heterocycles. The predicted molar refractivity (Wildman–Crippen MR) is 74.4 cm³/mol. The van der Waals surface area contributed by atoms with Gasteiger partial charge < -0.3 is 4.43 Å². The molecular formula is C15H28OSi. The molecule has 0 saturated heterocycles. The first-order valence-electron chi connectivity index (χ1n) is 7.28. The maximum Gasteiger partial charge on any atom is 0.184 e. The molecule has 4 atom stereocenters. The lowest BCUT2D eigenvalue weighted by Crippen LogP contribution is -2.43. The van der Waals surface area contributed by atoms with Gasteiger partial charge in [-0.15, -0.1) is 0 Å². The van der Waals surface area contributed by atoms with Crippen LogP contribution in [0.3, 0.4) is 0 Å². The van der Waals surface area contributed by atoms with E-state index in [1.54, 1.807) is 0 Å². The molecule has 98 valence electrons. The van der Waals surface area contributed by atoms with E-state index >= 15 is 0 Å². The molecule has 0 aromatic carbocycles. The summed E-state index contributed by atoms with van der Waals surface area (Å²) in [5.41, 5.74) is 1.34. The van der Waals surface area contributed by atoms with Crippen LogP contribution in [-0.4, -0.2) is 13.9 Å². The first kappa shape index (κ1) is 12.2. The number of hydrogen-bond acceptors (Lipinski definition) is 1. The van der Waals surface area contributed by atoms with Gasteiger partial charge >= 0.3 is 0 Å². The van der Waals surface area contributed by atoms with Crippen LogP contribution in [0.4, 0.5) is 0 Å². The summed E-state index contributed by atoms with van der Waals surface area (Å²) in [7, 11) is -1.42. The maximum absolute atomic E-state index is 6.69. The Morgan fingerprint density at radius 2 is 1.65 bits per heavy atom. The van der Waals surface area contributed by atoms with E-state index in [1.807, 2.05) is 0 Å². The molecule has 3 fully saturated rings.